The fourth-order valence-electron chi connectivity index (χ4n) is 7.02. The van der Waals surface area contributed by atoms with E-state index in [2.05, 4.69) is 13.8 Å². The lowest BCUT2D eigenvalue weighted by Gasteiger charge is -2.63. The predicted molar refractivity (Wildman–Crippen MR) is 96.7 cm³/mol. The van der Waals surface area contributed by atoms with Gasteiger partial charge in [0, 0.05) is 35.2 Å². The van der Waals surface area contributed by atoms with Crippen LogP contribution >= 0.6 is 21.6 Å². The highest BCUT2D eigenvalue weighted by molar-refractivity contribution is 8.78. The summed E-state index contributed by atoms with van der Waals surface area (Å²) in [6.07, 6.45) is 7.71. The number of rotatable bonds is 0. The van der Waals surface area contributed by atoms with E-state index in [9.17, 15) is 9.59 Å². The minimum atomic E-state index is -0.235. The van der Waals surface area contributed by atoms with Crippen LogP contribution in [0.1, 0.15) is 65.2 Å². The largest absolute Gasteiger partial charge is 0.459 e. The monoisotopic (exact) mass is 366 g/mol. The topological polar surface area (TPSA) is 43.4 Å². The van der Waals surface area contributed by atoms with Gasteiger partial charge in [-0.25, -0.2) is 0 Å². The lowest BCUT2D eigenvalue weighted by molar-refractivity contribution is -0.199. The fraction of sp³-hybridized carbons (Fsp3) is 0.895. The van der Waals surface area contributed by atoms with E-state index in [-0.39, 0.29) is 21.7 Å². The molecule has 2 saturated heterocycles. The molecule has 7 atom stereocenters. The number of hydrogen-bond donors (Lipinski definition) is 0. The van der Waals surface area contributed by atoms with Crippen molar-refractivity contribution in [2.75, 3.05) is 0 Å². The Morgan fingerprint density at radius 1 is 1.08 bits per heavy atom. The van der Waals surface area contributed by atoms with E-state index in [1.165, 1.54) is 12.8 Å². The Labute approximate surface area is 151 Å². The van der Waals surface area contributed by atoms with Gasteiger partial charge in [0.2, 0.25) is 0 Å². The van der Waals surface area contributed by atoms with Crippen molar-refractivity contribution in [2.24, 2.45) is 23.2 Å². The van der Waals surface area contributed by atoms with Crippen LogP contribution in [0.3, 0.4) is 0 Å². The second-order valence-corrected chi connectivity index (χ2v) is 11.9. The summed E-state index contributed by atoms with van der Waals surface area (Å²) in [5.74, 6) is 2.38. The van der Waals surface area contributed by atoms with Gasteiger partial charge in [-0.15, -0.1) is 0 Å². The molecule has 3 saturated carbocycles. The molecule has 0 radical (unpaired) electrons. The molecule has 3 nitrogen and oxygen atoms in total. The van der Waals surface area contributed by atoms with Gasteiger partial charge in [-0.05, 0) is 56.3 Å². The molecule has 24 heavy (non-hydrogen) atoms. The van der Waals surface area contributed by atoms with Crippen molar-refractivity contribution in [3.8, 4) is 0 Å². The summed E-state index contributed by atoms with van der Waals surface area (Å²) in [6, 6.07) is 0. The summed E-state index contributed by atoms with van der Waals surface area (Å²) >= 11 is 0. The molecule has 0 aromatic rings. The van der Waals surface area contributed by atoms with Crippen LogP contribution in [-0.2, 0) is 14.3 Å². The maximum atomic E-state index is 12.3. The summed E-state index contributed by atoms with van der Waals surface area (Å²) in [7, 11) is 4.05. The van der Waals surface area contributed by atoms with Crippen LogP contribution in [0, 0.1) is 23.2 Å². The first-order chi connectivity index (χ1) is 11.4. The minimum absolute atomic E-state index is 0.000125. The zero-order chi connectivity index (χ0) is 16.7. The molecule has 5 aliphatic rings. The summed E-state index contributed by atoms with van der Waals surface area (Å²) in [5.41, 5.74) is 0.0448. The first-order valence-corrected chi connectivity index (χ1v) is 11.7. The van der Waals surface area contributed by atoms with E-state index in [4.69, 9.17) is 4.74 Å². The Balaban J connectivity index is 1.52. The number of Topliss-reactive ketones (excluding diaryl/α,β-unsaturated/α-hetero) is 1. The molecule has 0 aromatic heterocycles. The second kappa shape index (κ2) is 4.97. The molecule has 0 amide bonds. The van der Waals surface area contributed by atoms with E-state index in [0.29, 0.717) is 35.2 Å². The smallest absolute Gasteiger partial charge is 0.306 e. The highest BCUT2D eigenvalue weighted by atomic mass is 33.1. The molecule has 3 aliphatic carbocycles. The van der Waals surface area contributed by atoms with E-state index >= 15 is 0 Å². The summed E-state index contributed by atoms with van der Waals surface area (Å²) < 4.78 is 6.06. The van der Waals surface area contributed by atoms with E-state index in [0.717, 1.165) is 32.1 Å². The molecule has 0 unspecified atom stereocenters. The molecule has 5 fully saturated rings. The van der Waals surface area contributed by atoms with E-state index in [1.807, 2.05) is 21.6 Å². The molecule has 0 N–H and O–H groups in total. The molecule has 2 aliphatic heterocycles. The van der Waals surface area contributed by atoms with Gasteiger partial charge in [-0.1, -0.05) is 28.5 Å². The average molecular weight is 367 g/mol. The predicted octanol–water partition coefficient (Wildman–Crippen LogP) is 4.39. The Kier molecular flexibility index (Phi) is 3.32. The number of hydrogen-bond acceptors (Lipinski definition) is 5. The molecular weight excluding hydrogens is 340 g/mol. The Hall–Kier alpha value is -0.160. The van der Waals surface area contributed by atoms with Gasteiger partial charge < -0.3 is 4.74 Å². The molecular formula is C19H26O3S2. The lowest BCUT2D eigenvalue weighted by atomic mass is 9.45. The number of carbonyl (C=O) groups is 2. The van der Waals surface area contributed by atoms with Crippen LogP contribution in [0.4, 0.5) is 0 Å². The van der Waals surface area contributed by atoms with Crippen molar-refractivity contribution in [1.29, 1.82) is 0 Å². The standard InChI is InChI=1S/C19H26O3S2/c1-17-7-6-14-12(13(17)3-4-16(21)22-17)5-8-19-10-11(20)9-15(23-24-19)18(14,19)2/h12-15H,3-10H2,1-2H3/t12-,13-,14-,15-,17-,18-,19+/m0/s1. The highest BCUT2D eigenvalue weighted by Gasteiger charge is 2.70. The first-order valence-electron chi connectivity index (χ1n) is 9.46. The number of fused-ring (bicyclic) bond motifs is 3. The third-order valence-electron chi connectivity index (χ3n) is 8.30. The SMILES string of the molecule is C[C@]12[C@@H]3CC(=O)C[C@@]1(CC[C@@H]1[C@@H]2CC[C@]2(C)OC(=O)CC[C@@H]12)SS3. The maximum Gasteiger partial charge on any atom is 0.306 e. The zero-order valence-electron chi connectivity index (χ0n) is 14.5. The van der Waals surface area contributed by atoms with Crippen molar-refractivity contribution >= 4 is 33.3 Å². The quantitative estimate of drug-likeness (QED) is 0.470. The van der Waals surface area contributed by atoms with Gasteiger partial charge >= 0.3 is 5.97 Å². The van der Waals surface area contributed by atoms with Crippen LogP contribution in [-0.4, -0.2) is 27.4 Å². The normalized spacial score (nSPS) is 56.1. The lowest BCUT2D eigenvalue weighted by Crippen LogP contribution is -2.64. The summed E-state index contributed by atoms with van der Waals surface area (Å²) in [6.45, 7) is 4.69. The Morgan fingerprint density at radius 2 is 1.92 bits per heavy atom. The number of esters is 1. The van der Waals surface area contributed by atoms with Crippen LogP contribution in [0.15, 0.2) is 0 Å². The van der Waals surface area contributed by atoms with Crippen molar-refractivity contribution in [3.63, 3.8) is 0 Å². The van der Waals surface area contributed by atoms with E-state index in [1.54, 1.807) is 0 Å². The molecule has 5 heteroatoms. The highest BCUT2D eigenvalue weighted by Crippen LogP contribution is 2.76. The second-order valence-electron chi connectivity index (χ2n) is 9.14. The molecule has 2 bridgehead atoms. The van der Waals surface area contributed by atoms with Gasteiger partial charge in [-0.3, -0.25) is 9.59 Å². The molecule has 132 valence electrons. The third kappa shape index (κ3) is 1.84. The van der Waals surface area contributed by atoms with Crippen LogP contribution < -0.4 is 0 Å². The minimum Gasteiger partial charge on any atom is -0.459 e. The van der Waals surface area contributed by atoms with Gasteiger partial charge in [-0.2, -0.15) is 0 Å². The third-order valence-corrected chi connectivity index (χ3v) is 12.3. The van der Waals surface area contributed by atoms with Crippen LogP contribution in [0.5, 0.6) is 0 Å². The zero-order valence-corrected chi connectivity index (χ0v) is 16.1. The molecule has 0 aromatic carbocycles. The maximum absolute atomic E-state index is 12.3. The Bertz CT molecular complexity index is 622. The number of ketones is 1. The van der Waals surface area contributed by atoms with Gasteiger partial charge in [0.1, 0.15) is 11.4 Å². The van der Waals surface area contributed by atoms with Crippen LogP contribution in [0.2, 0.25) is 0 Å². The van der Waals surface area contributed by atoms with Gasteiger partial charge in [0.05, 0.1) is 0 Å². The summed E-state index contributed by atoms with van der Waals surface area (Å²) in [4.78, 5) is 24.2. The Morgan fingerprint density at radius 3 is 2.75 bits per heavy atom. The molecule has 2 heterocycles. The average Bonchev–Trinajstić information content (AvgIpc) is 2.68. The first kappa shape index (κ1) is 16.0. The van der Waals surface area contributed by atoms with Crippen molar-refractivity contribution in [1.82, 2.24) is 0 Å². The summed E-state index contributed by atoms with van der Waals surface area (Å²) in [5, 5.41) is 0.493. The molecule has 5 rings (SSSR count). The van der Waals surface area contributed by atoms with Crippen LogP contribution in [0.25, 0.3) is 0 Å². The van der Waals surface area contributed by atoms with Crippen molar-refractivity contribution in [2.45, 2.75) is 80.8 Å². The number of carbonyl (C=O) groups excluding carboxylic acids is 2. The number of ether oxygens (including phenoxy) is 1. The molecule has 0 spiro atoms. The fourth-order valence-corrected chi connectivity index (χ4v) is 11.8. The van der Waals surface area contributed by atoms with Gasteiger partial charge in [0.25, 0.3) is 0 Å². The van der Waals surface area contributed by atoms with Gasteiger partial charge in [0.15, 0.2) is 0 Å². The van der Waals surface area contributed by atoms with Crippen molar-refractivity contribution < 1.29 is 14.3 Å². The van der Waals surface area contributed by atoms with Crippen molar-refractivity contribution in [3.05, 3.63) is 0 Å². The van der Waals surface area contributed by atoms with E-state index < -0.39 is 0 Å².